The number of amides is 1. The van der Waals surface area contributed by atoms with Gasteiger partial charge in [0.1, 0.15) is 5.76 Å². The standard InChI is InChI=1S/C18H20N2O3/c21-11-10-20(14-8-9-14)18(22)15-16(12-6-7-12)23-17(19-15)13-4-2-1-3-5-13/h1-5,12,14,21H,6-11H2. The highest BCUT2D eigenvalue weighted by atomic mass is 16.4. The molecule has 1 N–H and O–H groups in total. The van der Waals surface area contributed by atoms with E-state index in [1.807, 2.05) is 30.3 Å². The molecule has 23 heavy (non-hydrogen) atoms. The number of carbonyl (C=O) groups excluding carboxylic acids is 1. The first kappa shape index (κ1) is 14.5. The Morgan fingerprint density at radius 3 is 2.57 bits per heavy atom. The summed E-state index contributed by atoms with van der Waals surface area (Å²) in [6.07, 6.45) is 4.11. The van der Waals surface area contributed by atoms with E-state index in [0.29, 0.717) is 24.0 Å². The zero-order chi connectivity index (χ0) is 15.8. The molecule has 5 nitrogen and oxygen atoms in total. The van der Waals surface area contributed by atoms with Crippen LogP contribution in [0.3, 0.4) is 0 Å². The number of hydrogen-bond donors (Lipinski definition) is 1. The third kappa shape index (κ3) is 2.88. The van der Waals surface area contributed by atoms with Crippen LogP contribution in [0.15, 0.2) is 34.7 Å². The predicted octanol–water partition coefficient (Wildman–Crippen LogP) is 2.82. The Morgan fingerprint density at radius 2 is 1.96 bits per heavy atom. The van der Waals surface area contributed by atoms with Crippen molar-refractivity contribution in [2.24, 2.45) is 0 Å². The van der Waals surface area contributed by atoms with Crippen LogP contribution in [0.2, 0.25) is 0 Å². The van der Waals surface area contributed by atoms with E-state index in [2.05, 4.69) is 4.98 Å². The molecule has 2 saturated carbocycles. The van der Waals surface area contributed by atoms with E-state index in [9.17, 15) is 9.90 Å². The number of aliphatic hydroxyl groups excluding tert-OH is 1. The average molecular weight is 312 g/mol. The van der Waals surface area contributed by atoms with Crippen molar-refractivity contribution in [1.29, 1.82) is 0 Å². The van der Waals surface area contributed by atoms with Gasteiger partial charge in [0.05, 0.1) is 6.61 Å². The Labute approximate surface area is 134 Å². The summed E-state index contributed by atoms with van der Waals surface area (Å²) in [5.74, 6) is 1.44. The van der Waals surface area contributed by atoms with Crippen molar-refractivity contribution >= 4 is 5.91 Å². The number of rotatable bonds is 6. The van der Waals surface area contributed by atoms with E-state index < -0.39 is 0 Å². The molecule has 1 amide bonds. The Kier molecular flexibility index (Phi) is 3.65. The maximum Gasteiger partial charge on any atom is 0.276 e. The van der Waals surface area contributed by atoms with Crippen molar-refractivity contribution in [3.63, 3.8) is 0 Å². The van der Waals surface area contributed by atoms with Crippen LogP contribution in [-0.4, -0.2) is 40.1 Å². The van der Waals surface area contributed by atoms with Gasteiger partial charge in [0.15, 0.2) is 5.69 Å². The molecule has 2 aromatic rings. The van der Waals surface area contributed by atoms with Crippen LogP contribution in [0.1, 0.15) is 47.8 Å². The fraction of sp³-hybridized carbons (Fsp3) is 0.444. The first-order chi connectivity index (χ1) is 11.3. The van der Waals surface area contributed by atoms with Gasteiger partial charge >= 0.3 is 0 Å². The molecule has 2 fully saturated rings. The molecule has 0 radical (unpaired) electrons. The van der Waals surface area contributed by atoms with Crippen LogP contribution in [0.25, 0.3) is 11.5 Å². The van der Waals surface area contributed by atoms with E-state index in [-0.39, 0.29) is 18.6 Å². The van der Waals surface area contributed by atoms with E-state index in [1.165, 1.54) is 0 Å². The second kappa shape index (κ2) is 5.81. The van der Waals surface area contributed by atoms with Crippen molar-refractivity contribution < 1.29 is 14.3 Å². The van der Waals surface area contributed by atoms with Gasteiger partial charge in [0.2, 0.25) is 5.89 Å². The van der Waals surface area contributed by atoms with Crippen LogP contribution >= 0.6 is 0 Å². The van der Waals surface area contributed by atoms with Gasteiger partial charge in [0.25, 0.3) is 5.91 Å². The largest absolute Gasteiger partial charge is 0.440 e. The monoisotopic (exact) mass is 312 g/mol. The zero-order valence-electron chi connectivity index (χ0n) is 12.9. The van der Waals surface area contributed by atoms with E-state index in [1.54, 1.807) is 4.90 Å². The van der Waals surface area contributed by atoms with Crippen LogP contribution in [0, 0.1) is 0 Å². The number of aliphatic hydroxyl groups is 1. The van der Waals surface area contributed by atoms with Gasteiger partial charge in [-0.3, -0.25) is 4.79 Å². The SMILES string of the molecule is O=C(c1nc(-c2ccccc2)oc1C1CC1)N(CCO)C1CC1. The molecule has 5 heteroatoms. The van der Waals surface area contributed by atoms with Gasteiger partial charge in [-0.25, -0.2) is 4.98 Å². The number of benzene rings is 1. The number of oxazole rings is 1. The van der Waals surface area contributed by atoms with Gasteiger partial charge < -0.3 is 14.4 Å². The molecule has 2 aliphatic rings. The number of aromatic nitrogens is 1. The molecule has 4 rings (SSSR count). The fourth-order valence-corrected chi connectivity index (χ4v) is 2.89. The minimum atomic E-state index is -0.102. The molecule has 0 aliphatic heterocycles. The number of nitrogens with zero attached hydrogens (tertiary/aromatic N) is 2. The van der Waals surface area contributed by atoms with Crippen LogP contribution in [-0.2, 0) is 0 Å². The summed E-state index contributed by atoms with van der Waals surface area (Å²) < 4.78 is 5.95. The molecule has 0 spiro atoms. The lowest BCUT2D eigenvalue weighted by atomic mass is 10.2. The molecule has 120 valence electrons. The Balaban J connectivity index is 1.69. The Bertz CT molecular complexity index is 702. The average Bonchev–Trinajstić information content (AvgIpc) is 3.51. The normalized spacial score (nSPS) is 17.3. The molecule has 0 saturated heterocycles. The third-order valence-corrected chi connectivity index (χ3v) is 4.41. The number of hydrogen-bond acceptors (Lipinski definition) is 4. The molecule has 0 unspecified atom stereocenters. The highest BCUT2D eigenvalue weighted by Gasteiger charge is 2.39. The summed E-state index contributed by atoms with van der Waals surface area (Å²) in [6.45, 7) is 0.339. The van der Waals surface area contributed by atoms with Gasteiger partial charge in [-0.2, -0.15) is 0 Å². The highest BCUT2D eigenvalue weighted by molar-refractivity contribution is 5.94. The van der Waals surface area contributed by atoms with Crippen molar-refractivity contribution in [2.45, 2.75) is 37.6 Å². The summed E-state index contributed by atoms with van der Waals surface area (Å²) in [7, 11) is 0. The molecule has 1 aromatic carbocycles. The van der Waals surface area contributed by atoms with Crippen molar-refractivity contribution in [3.05, 3.63) is 41.8 Å². The van der Waals surface area contributed by atoms with E-state index >= 15 is 0 Å². The lowest BCUT2D eigenvalue weighted by Crippen LogP contribution is -2.36. The smallest absolute Gasteiger partial charge is 0.276 e. The van der Waals surface area contributed by atoms with E-state index in [0.717, 1.165) is 37.0 Å². The maximum atomic E-state index is 12.9. The van der Waals surface area contributed by atoms with Crippen molar-refractivity contribution in [2.75, 3.05) is 13.2 Å². The lowest BCUT2D eigenvalue weighted by molar-refractivity contribution is 0.0700. The summed E-state index contributed by atoms with van der Waals surface area (Å²) in [5.41, 5.74) is 1.32. The van der Waals surface area contributed by atoms with Crippen molar-refractivity contribution in [1.82, 2.24) is 9.88 Å². The van der Waals surface area contributed by atoms with Gasteiger partial charge in [-0.15, -0.1) is 0 Å². The summed E-state index contributed by atoms with van der Waals surface area (Å²) in [5, 5.41) is 9.25. The molecule has 2 aliphatic carbocycles. The molecule has 1 heterocycles. The lowest BCUT2D eigenvalue weighted by Gasteiger charge is -2.20. The first-order valence-electron chi connectivity index (χ1n) is 8.26. The molecule has 0 atom stereocenters. The number of carbonyl (C=O) groups is 1. The van der Waals surface area contributed by atoms with Gasteiger partial charge in [0, 0.05) is 24.1 Å². The van der Waals surface area contributed by atoms with Crippen LogP contribution < -0.4 is 0 Å². The van der Waals surface area contributed by atoms with E-state index in [4.69, 9.17) is 4.42 Å². The summed E-state index contributed by atoms with van der Waals surface area (Å²) in [6, 6.07) is 9.92. The molecule has 0 bridgehead atoms. The molecular formula is C18H20N2O3. The zero-order valence-corrected chi connectivity index (χ0v) is 12.9. The maximum absolute atomic E-state index is 12.9. The minimum absolute atomic E-state index is 0.0234. The van der Waals surface area contributed by atoms with Crippen LogP contribution in [0.4, 0.5) is 0 Å². The van der Waals surface area contributed by atoms with Crippen molar-refractivity contribution in [3.8, 4) is 11.5 Å². The first-order valence-corrected chi connectivity index (χ1v) is 8.26. The second-order valence-corrected chi connectivity index (χ2v) is 6.33. The van der Waals surface area contributed by atoms with Gasteiger partial charge in [-0.1, -0.05) is 18.2 Å². The Hall–Kier alpha value is -2.14. The Morgan fingerprint density at radius 1 is 1.22 bits per heavy atom. The minimum Gasteiger partial charge on any atom is -0.440 e. The molecule has 1 aromatic heterocycles. The third-order valence-electron chi connectivity index (χ3n) is 4.41. The van der Waals surface area contributed by atoms with Gasteiger partial charge in [-0.05, 0) is 37.8 Å². The predicted molar refractivity (Wildman–Crippen MR) is 85.1 cm³/mol. The summed E-state index contributed by atoms with van der Waals surface area (Å²) >= 11 is 0. The summed E-state index contributed by atoms with van der Waals surface area (Å²) in [4.78, 5) is 19.2. The second-order valence-electron chi connectivity index (χ2n) is 6.33. The quantitative estimate of drug-likeness (QED) is 0.890. The fourth-order valence-electron chi connectivity index (χ4n) is 2.89. The molecular weight excluding hydrogens is 292 g/mol. The highest BCUT2D eigenvalue weighted by Crippen LogP contribution is 2.44. The topological polar surface area (TPSA) is 66.6 Å². The van der Waals surface area contributed by atoms with Crippen LogP contribution in [0.5, 0.6) is 0 Å².